The molecule has 2 rings (SSSR count). The Hall–Kier alpha value is -1.39. The molecule has 5 nitrogen and oxygen atoms in total. The van der Waals surface area contributed by atoms with Crippen LogP contribution in [0.4, 0.5) is 0 Å². The normalized spacial score (nSPS) is 21.8. The number of methoxy groups -OCH3 is 1. The molecule has 2 atom stereocenters. The van der Waals surface area contributed by atoms with Crippen LogP contribution < -0.4 is 4.72 Å². The summed E-state index contributed by atoms with van der Waals surface area (Å²) < 4.78 is 32.7. The van der Waals surface area contributed by atoms with Gasteiger partial charge in [-0.15, -0.1) is 0 Å². The highest BCUT2D eigenvalue weighted by atomic mass is 32.2. The van der Waals surface area contributed by atoms with Gasteiger partial charge in [-0.2, -0.15) is 0 Å². The molecular weight excluding hydrogens is 290 g/mol. The van der Waals surface area contributed by atoms with Crippen molar-refractivity contribution in [1.82, 2.24) is 4.72 Å². The Morgan fingerprint density at radius 1 is 1.43 bits per heavy atom. The lowest BCUT2D eigenvalue weighted by molar-refractivity contribution is 0.107. The fourth-order valence-corrected chi connectivity index (χ4v) is 3.76. The van der Waals surface area contributed by atoms with Crippen LogP contribution in [0.3, 0.4) is 0 Å². The number of aliphatic hydroxyl groups is 1. The Bertz CT molecular complexity index is 645. The summed E-state index contributed by atoms with van der Waals surface area (Å²) in [7, 11) is -1.92. The minimum absolute atomic E-state index is 0.0906. The zero-order chi connectivity index (χ0) is 15.3. The number of ether oxygens (including phenoxy) is 1. The highest BCUT2D eigenvalue weighted by Gasteiger charge is 2.28. The van der Waals surface area contributed by atoms with Gasteiger partial charge in [-0.3, -0.25) is 0 Å². The molecule has 0 spiro atoms. The Morgan fingerprint density at radius 2 is 2.24 bits per heavy atom. The van der Waals surface area contributed by atoms with E-state index in [1.165, 1.54) is 12.1 Å². The fourth-order valence-electron chi connectivity index (χ4n) is 2.43. The predicted octanol–water partition coefficient (Wildman–Crippen LogP) is 0.876. The van der Waals surface area contributed by atoms with Gasteiger partial charge in [0.15, 0.2) is 0 Å². The Balaban J connectivity index is 2.12. The molecule has 0 heterocycles. The number of rotatable bonds is 4. The molecule has 0 saturated heterocycles. The first-order valence-corrected chi connectivity index (χ1v) is 8.28. The van der Waals surface area contributed by atoms with Crippen molar-refractivity contribution < 1.29 is 18.3 Å². The number of aliphatic hydroxyl groups excluding tert-OH is 1. The summed E-state index contributed by atoms with van der Waals surface area (Å²) in [6.45, 7) is -0.254. The van der Waals surface area contributed by atoms with Crippen LogP contribution in [0, 0.1) is 11.8 Å². The summed E-state index contributed by atoms with van der Waals surface area (Å²) in [6.07, 6.45) is 2.46. The van der Waals surface area contributed by atoms with Crippen molar-refractivity contribution in [3.63, 3.8) is 0 Å². The first kappa shape index (κ1) is 16.0. The summed E-state index contributed by atoms with van der Waals surface area (Å²) in [6, 6.07) is 6.30. The average molecular weight is 309 g/mol. The zero-order valence-corrected chi connectivity index (χ0v) is 12.7. The van der Waals surface area contributed by atoms with Crippen LogP contribution in [0.25, 0.3) is 0 Å². The fraction of sp³-hybridized carbons (Fsp3) is 0.467. The van der Waals surface area contributed by atoms with E-state index in [0.717, 1.165) is 12.8 Å². The van der Waals surface area contributed by atoms with Crippen molar-refractivity contribution in [2.45, 2.75) is 36.3 Å². The lowest BCUT2D eigenvalue weighted by atomic mass is 10.2. The van der Waals surface area contributed by atoms with Crippen LogP contribution in [0.5, 0.6) is 0 Å². The lowest BCUT2D eigenvalue weighted by Crippen LogP contribution is -2.33. The highest BCUT2D eigenvalue weighted by molar-refractivity contribution is 7.89. The van der Waals surface area contributed by atoms with E-state index in [0.29, 0.717) is 12.0 Å². The standard InChI is InChI=1S/C15H19NO4S/c1-20-14-8-7-13(11-14)16-21(18,19)15-6-2-4-12(10-15)5-3-9-17/h2,4,6,10,13-14,16-17H,7-9,11H2,1H3. The molecule has 0 bridgehead atoms. The average Bonchev–Trinajstić information content (AvgIpc) is 2.92. The van der Waals surface area contributed by atoms with Gasteiger partial charge >= 0.3 is 0 Å². The van der Waals surface area contributed by atoms with E-state index in [4.69, 9.17) is 9.84 Å². The number of hydrogen-bond donors (Lipinski definition) is 2. The highest BCUT2D eigenvalue weighted by Crippen LogP contribution is 2.23. The molecule has 2 N–H and O–H groups in total. The molecule has 1 aliphatic carbocycles. The topological polar surface area (TPSA) is 75.6 Å². The van der Waals surface area contributed by atoms with Gasteiger partial charge in [-0.05, 0) is 37.5 Å². The monoisotopic (exact) mass is 309 g/mol. The summed E-state index contributed by atoms with van der Waals surface area (Å²) in [5.41, 5.74) is 0.563. The summed E-state index contributed by atoms with van der Waals surface area (Å²) in [5.74, 6) is 5.21. The van der Waals surface area contributed by atoms with Gasteiger partial charge < -0.3 is 9.84 Å². The van der Waals surface area contributed by atoms with E-state index in [1.54, 1.807) is 19.2 Å². The maximum Gasteiger partial charge on any atom is 0.240 e. The molecule has 1 aromatic carbocycles. The molecule has 1 aliphatic rings. The van der Waals surface area contributed by atoms with Crippen LogP contribution in [0.15, 0.2) is 29.2 Å². The minimum atomic E-state index is -3.56. The van der Waals surface area contributed by atoms with Crippen LogP contribution >= 0.6 is 0 Å². The lowest BCUT2D eigenvalue weighted by Gasteiger charge is -2.13. The molecular formula is C15H19NO4S. The quantitative estimate of drug-likeness (QED) is 0.810. The number of hydrogen-bond acceptors (Lipinski definition) is 4. The van der Waals surface area contributed by atoms with Crippen molar-refractivity contribution >= 4 is 10.0 Å². The number of benzene rings is 1. The third kappa shape index (κ3) is 4.29. The van der Waals surface area contributed by atoms with Crippen molar-refractivity contribution in [1.29, 1.82) is 0 Å². The Labute approximate surface area is 125 Å². The summed E-state index contributed by atoms with van der Waals surface area (Å²) in [4.78, 5) is 0.188. The van der Waals surface area contributed by atoms with Gasteiger partial charge in [0, 0.05) is 18.7 Å². The van der Waals surface area contributed by atoms with Crippen LogP contribution in [-0.2, 0) is 14.8 Å². The molecule has 1 fully saturated rings. The van der Waals surface area contributed by atoms with Crippen molar-refractivity contribution in [3.05, 3.63) is 29.8 Å². The predicted molar refractivity (Wildman–Crippen MR) is 79.2 cm³/mol. The van der Waals surface area contributed by atoms with Crippen LogP contribution in [-0.4, -0.2) is 39.4 Å². The van der Waals surface area contributed by atoms with Crippen molar-refractivity contribution in [2.75, 3.05) is 13.7 Å². The third-order valence-electron chi connectivity index (χ3n) is 3.50. The largest absolute Gasteiger partial charge is 0.384 e. The smallest absolute Gasteiger partial charge is 0.240 e. The minimum Gasteiger partial charge on any atom is -0.384 e. The maximum atomic E-state index is 12.4. The molecule has 0 aromatic heterocycles. The van der Waals surface area contributed by atoms with E-state index in [-0.39, 0.29) is 23.6 Å². The molecule has 0 amide bonds. The second kappa shape index (κ2) is 7.05. The van der Waals surface area contributed by atoms with E-state index >= 15 is 0 Å². The third-order valence-corrected chi connectivity index (χ3v) is 5.01. The molecule has 21 heavy (non-hydrogen) atoms. The second-order valence-corrected chi connectivity index (χ2v) is 6.69. The molecule has 0 aliphatic heterocycles. The van der Waals surface area contributed by atoms with Crippen LogP contribution in [0.1, 0.15) is 24.8 Å². The molecule has 2 unspecified atom stereocenters. The van der Waals surface area contributed by atoms with E-state index in [1.807, 2.05) is 0 Å². The van der Waals surface area contributed by atoms with Gasteiger partial charge in [0.25, 0.3) is 0 Å². The number of sulfonamides is 1. The van der Waals surface area contributed by atoms with Crippen LogP contribution in [0.2, 0.25) is 0 Å². The Morgan fingerprint density at radius 3 is 2.90 bits per heavy atom. The van der Waals surface area contributed by atoms with E-state index in [9.17, 15) is 8.42 Å². The van der Waals surface area contributed by atoms with E-state index < -0.39 is 10.0 Å². The van der Waals surface area contributed by atoms with Crippen molar-refractivity contribution in [2.24, 2.45) is 0 Å². The molecule has 1 aromatic rings. The SMILES string of the molecule is COC1CCC(NS(=O)(=O)c2cccc(C#CCO)c2)C1. The zero-order valence-electron chi connectivity index (χ0n) is 11.9. The van der Waals surface area contributed by atoms with Gasteiger partial charge in [0.05, 0.1) is 11.0 Å². The second-order valence-electron chi connectivity index (χ2n) is 4.98. The summed E-state index contributed by atoms with van der Waals surface area (Å²) >= 11 is 0. The Kier molecular flexibility index (Phi) is 5.37. The first-order chi connectivity index (χ1) is 10.0. The molecule has 6 heteroatoms. The first-order valence-electron chi connectivity index (χ1n) is 6.80. The van der Waals surface area contributed by atoms with Gasteiger partial charge in [-0.25, -0.2) is 13.1 Å². The molecule has 0 radical (unpaired) electrons. The summed E-state index contributed by atoms with van der Waals surface area (Å²) in [5, 5.41) is 8.68. The van der Waals surface area contributed by atoms with E-state index in [2.05, 4.69) is 16.6 Å². The van der Waals surface area contributed by atoms with Gasteiger partial charge in [-0.1, -0.05) is 17.9 Å². The molecule has 1 saturated carbocycles. The molecule has 114 valence electrons. The van der Waals surface area contributed by atoms with Gasteiger partial charge in [0.1, 0.15) is 6.61 Å². The maximum absolute atomic E-state index is 12.4. The number of nitrogens with one attached hydrogen (secondary N) is 1. The van der Waals surface area contributed by atoms with Crippen molar-refractivity contribution in [3.8, 4) is 11.8 Å². The van der Waals surface area contributed by atoms with Gasteiger partial charge in [0.2, 0.25) is 10.0 Å².